The number of allylic oxidation sites excluding steroid dienone is 1. The molecule has 0 spiro atoms. The number of anilines is 1. The zero-order chi connectivity index (χ0) is 26.6. The Bertz CT molecular complexity index is 1860. The zero-order valence-corrected chi connectivity index (χ0v) is 22.0. The van der Waals surface area contributed by atoms with E-state index in [9.17, 15) is 19.2 Å². The van der Waals surface area contributed by atoms with Crippen LogP contribution in [0.2, 0.25) is 0 Å². The smallest absolute Gasteiger partial charge is 0.196 e. The van der Waals surface area contributed by atoms with Crippen LogP contribution in [0.3, 0.4) is 0 Å². The van der Waals surface area contributed by atoms with Gasteiger partial charge in [-0.1, -0.05) is 48.5 Å². The average molecular weight is 535 g/mol. The molecule has 0 amide bonds. The number of Topliss-reactive ketones (excluding diaryl/α,β-unsaturated/α-hetero) is 2. The number of hydrogen-bond donors (Lipinski definition) is 3. The first-order valence-corrected chi connectivity index (χ1v) is 12.9. The van der Waals surface area contributed by atoms with E-state index in [1.165, 1.54) is 0 Å². The number of aliphatic imine (C=N–C) groups is 1. The Morgan fingerprint density at radius 3 is 1.79 bits per heavy atom. The van der Waals surface area contributed by atoms with Gasteiger partial charge < -0.3 is 5.32 Å². The molecule has 38 heavy (non-hydrogen) atoms. The first kappa shape index (κ1) is 23.1. The number of fused-ring (bicyclic) bond motifs is 7. The zero-order valence-electron chi connectivity index (χ0n) is 20.2. The summed E-state index contributed by atoms with van der Waals surface area (Å²) in [6.45, 7) is 3.59. The van der Waals surface area contributed by atoms with Crippen LogP contribution in [0.25, 0.3) is 0 Å². The molecular weight excluding hydrogens is 516 g/mol. The Morgan fingerprint density at radius 1 is 0.711 bits per heavy atom. The van der Waals surface area contributed by atoms with Crippen molar-refractivity contribution < 1.29 is 19.2 Å². The number of benzene rings is 3. The summed E-state index contributed by atoms with van der Waals surface area (Å²) in [4.78, 5) is 60.2. The van der Waals surface area contributed by atoms with Crippen LogP contribution in [0, 0.1) is 6.92 Å². The molecule has 0 aromatic heterocycles. The highest BCUT2D eigenvalue weighted by Crippen LogP contribution is 2.49. The SMILES string of the molecule is CC1=C(S)C2=C(C(=O)c3ccccc3C2=O)C2=Nc3c(C)c(S)c4c(c3NC21)C(=O)c1ccccc1C4=O. The van der Waals surface area contributed by atoms with Crippen LogP contribution in [0.5, 0.6) is 0 Å². The van der Waals surface area contributed by atoms with Crippen molar-refractivity contribution in [1.82, 2.24) is 0 Å². The standard InChI is InChI=1S/C30H18N2O4S2/c1-11-21-23(17-19(29(11)37)27(35)15-9-5-3-7-13(15)25(17)33)32-22-12(2)30(38)20-18(24(22)31-21)26(34)14-8-4-6-10-16(14)28(20)36/h3-10,21,31,37-38H,1-2H3. The van der Waals surface area contributed by atoms with Crippen LogP contribution in [-0.2, 0) is 0 Å². The number of rotatable bonds is 0. The maximum atomic E-state index is 13.7. The summed E-state index contributed by atoms with van der Waals surface area (Å²) in [5.74, 6) is -1.15. The van der Waals surface area contributed by atoms with Gasteiger partial charge >= 0.3 is 0 Å². The summed E-state index contributed by atoms with van der Waals surface area (Å²) in [5.41, 5.74) is 4.71. The van der Waals surface area contributed by atoms with Crippen molar-refractivity contribution in [3.05, 3.63) is 109 Å². The summed E-state index contributed by atoms with van der Waals surface area (Å²) in [7, 11) is 0. The van der Waals surface area contributed by atoms with Crippen molar-refractivity contribution in [2.75, 3.05) is 5.32 Å². The third-order valence-electron chi connectivity index (χ3n) is 7.77. The minimum absolute atomic E-state index is 0.207. The van der Waals surface area contributed by atoms with E-state index in [1.807, 2.05) is 6.92 Å². The summed E-state index contributed by atoms with van der Waals surface area (Å²) >= 11 is 9.34. The summed E-state index contributed by atoms with van der Waals surface area (Å²) in [5, 5.41) is 3.41. The van der Waals surface area contributed by atoms with Gasteiger partial charge in [0.05, 0.1) is 34.3 Å². The lowest BCUT2D eigenvalue weighted by atomic mass is 9.74. The second-order valence-corrected chi connectivity index (χ2v) is 10.6. The first-order chi connectivity index (χ1) is 18.2. The molecule has 3 aromatic rings. The summed E-state index contributed by atoms with van der Waals surface area (Å²) in [6.07, 6.45) is 0. The van der Waals surface area contributed by atoms with Gasteiger partial charge in [0.15, 0.2) is 23.1 Å². The number of ketones is 4. The van der Waals surface area contributed by atoms with Gasteiger partial charge in [-0.25, -0.2) is 4.99 Å². The van der Waals surface area contributed by atoms with E-state index in [-0.39, 0.29) is 45.4 Å². The largest absolute Gasteiger partial charge is 0.371 e. The molecule has 1 unspecified atom stereocenters. The van der Waals surface area contributed by atoms with E-state index in [0.29, 0.717) is 60.3 Å². The lowest BCUT2D eigenvalue weighted by Crippen LogP contribution is -2.43. The predicted molar refractivity (Wildman–Crippen MR) is 150 cm³/mol. The van der Waals surface area contributed by atoms with Gasteiger partial charge in [0.25, 0.3) is 0 Å². The minimum atomic E-state index is -0.620. The number of carbonyl (C=O) groups is 4. The number of carbonyl (C=O) groups excluding carboxylic acids is 4. The molecule has 1 atom stereocenters. The average Bonchev–Trinajstić information content (AvgIpc) is 2.93. The molecule has 4 aliphatic rings. The fourth-order valence-corrected chi connectivity index (χ4v) is 6.48. The third kappa shape index (κ3) is 2.73. The summed E-state index contributed by atoms with van der Waals surface area (Å²) < 4.78 is 0. The van der Waals surface area contributed by atoms with Gasteiger partial charge in [0.1, 0.15) is 0 Å². The lowest BCUT2D eigenvalue weighted by molar-refractivity contribution is 0.0977. The topological polar surface area (TPSA) is 92.7 Å². The molecular formula is C30H18N2O4S2. The van der Waals surface area contributed by atoms with Gasteiger partial charge in [-0.15, -0.1) is 25.3 Å². The second-order valence-electron chi connectivity index (χ2n) is 9.71. The fraction of sp³-hybridized carbons (Fsp3) is 0.100. The highest BCUT2D eigenvalue weighted by molar-refractivity contribution is 7.85. The molecule has 0 saturated carbocycles. The maximum absolute atomic E-state index is 13.7. The van der Waals surface area contributed by atoms with Crippen LogP contribution in [0.1, 0.15) is 65.0 Å². The molecule has 0 saturated heterocycles. The van der Waals surface area contributed by atoms with Crippen LogP contribution in [0.15, 0.2) is 80.0 Å². The number of nitrogens with one attached hydrogen (secondary N) is 1. The van der Waals surface area contributed by atoms with E-state index >= 15 is 0 Å². The van der Waals surface area contributed by atoms with E-state index < -0.39 is 6.04 Å². The normalized spacial score (nSPS) is 19.2. The molecule has 8 heteroatoms. The summed E-state index contributed by atoms with van der Waals surface area (Å²) in [6, 6.07) is 12.8. The van der Waals surface area contributed by atoms with Crippen LogP contribution in [-0.4, -0.2) is 34.9 Å². The van der Waals surface area contributed by atoms with Gasteiger partial charge in [0, 0.05) is 43.2 Å². The van der Waals surface area contributed by atoms with Crippen molar-refractivity contribution in [3.8, 4) is 0 Å². The number of nitrogens with zero attached hydrogens (tertiary/aromatic N) is 1. The van der Waals surface area contributed by atoms with Crippen LogP contribution < -0.4 is 5.32 Å². The van der Waals surface area contributed by atoms with Crippen molar-refractivity contribution in [2.45, 2.75) is 24.8 Å². The monoisotopic (exact) mass is 534 g/mol. The molecule has 7 rings (SSSR count). The third-order valence-corrected chi connectivity index (χ3v) is 8.90. The molecule has 6 nitrogen and oxygen atoms in total. The van der Waals surface area contributed by atoms with Crippen LogP contribution in [0.4, 0.5) is 11.4 Å². The molecule has 0 fully saturated rings. The van der Waals surface area contributed by atoms with E-state index in [1.54, 1.807) is 55.5 Å². The Labute approximate surface area is 228 Å². The molecule has 0 radical (unpaired) electrons. The Balaban J connectivity index is 1.52. The fourth-order valence-electron chi connectivity index (χ4n) is 5.82. The maximum Gasteiger partial charge on any atom is 0.196 e. The van der Waals surface area contributed by atoms with Gasteiger partial charge in [-0.3, -0.25) is 19.2 Å². The quantitative estimate of drug-likeness (QED) is 0.259. The van der Waals surface area contributed by atoms with Crippen molar-refractivity contribution in [1.29, 1.82) is 0 Å². The molecule has 1 heterocycles. The van der Waals surface area contributed by atoms with Crippen LogP contribution >= 0.6 is 25.3 Å². The Hall–Kier alpha value is -4.01. The highest BCUT2D eigenvalue weighted by atomic mass is 32.1. The molecule has 3 aromatic carbocycles. The Kier molecular flexibility index (Phi) is 4.72. The molecule has 1 N–H and O–H groups in total. The van der Waals surface area contributed by atoms with E-state index in [4.69, 9.17) is 4.99 Å². The molecule has 1 aliphatic heterocycles. The molecule has 0 bridgehead atoms. The van der Waals surface area contributed by atoms with Gasteiger partial charge in [-0.05, 0) is 25.0 Å². The lowest BCUT2D eigenvalue weighted by Gasteiger charge is -2.37. The van der Waals surface area contributed by atoms with Crippen molar-refractivity contribution in [3.63, 3.8) is 0 Å². The van der Waals surface area contributed by atoms with E-state index in [0.717, 1.165) is 0 Å². The number of thiol groups is 2. The van der Waals surface area contributed by atoms with Crippen molar-refractivity contribution >= 4 is 65.5 Å². The van der Waals surface area contributed by atoms with E-state index in [2.05, 4.69) is 30.6 Å². The highest BCUT2D eigenvalue weighted by Gasteiger charge is 2.45. The molecule has 3 aliphatic carbocycles. The Morgan fingerprint density at radius 2 is 1.21 bits per heavy atom. The minimum Gasteiger partial charge on any atom is -0.371 e. The van der Waals surface area contributed by atoms with Gasteiger partial charge in [0.2, 0.25) is 0 Å². The first-order valence-electron chi connectivity index (χ1n) is 12.0. The van der Waals surface area contributed by atoms with Crippen molar-refractivity contribution in [2.24, 2.45) is 4.99 Å². The molecule has 184 valence electrons. The van der Waals surface area contributed by atoms with Gasteiger partial charge in [-0.2, -0.15) is 0 Å². The predicted octanol–water partition coefficient (Wildman–Crippen LogP) is 5.52. The number of hydrogen-bond acceptors (Lipinski definition) is 8. The second kappa shape index (κ2) is 7.75.